The number of halogens is 1. The molecule has 0 saturated heterocycles. The van der Waals surface area contributed by atoms with Crippen LogP contribution in [0.2, 0.25) is 5.02 Å². The SMILES string of the molecule is O=C(N/N=C/c1c(O)n(-c2ccccc2Cl)c(=O)c2ccccc12)C1CC1. The van der Waals surface area contributed by atoms with Crippen LogP contribution in [0.5, 0.6) is 5.88 Å². The first kappa shape index (κ1) is 17.3. The standard InChI is InChI=1S/C20H16ClN3O3/c21-16-7-3-4-8-17(16)24-19(26)14-6-2-1-5-13(14)15(20(24)27)11-22-23-18(25)12-9-10-12/h1-8,11-12,27H,9-10H2,(H,23,25)/b22-11+. The van der Waals surface area contributed by atoms with E-state index in [1.165, 1.54) is 6.21 Å². The molecule has 27 heavy (non-hydrogen) atoms. The molecule has 0 atom stereocenters. The van der Waals surface area contributed by atoms with Crippen molar-refractivity contribution in [2.24, 2.45) is 11.0 Å². The molecular formula is C20H16ClN3O3. The van der Waals surface area contributed by atoms with E-state index in [0.717, 1.165) is 17.4 Å². The summed E-state index contributed by atoms with van der Waals surface area (Å²) in [6.45, 7) is 0. The van der Waals surface area contributed by atoms with Crippen LogP contribution in [0.15, 0.2) is 58.4 Å². The Kier molecular flexibility index (Phi) is 4.41. The Morgan fingerprint density at radius 1 is 1.15 bits per heavy atom. The summed E-state index contributed by atoms with van der Waals surface area (Å²) in [6, 6.07) is 13.7. The van der Waals surface area contributed by atoms with Crippen LogP contribution < -0.4 is 11.0 Å². The largest absolute Gasteiger partial charge is 0.494 e. The van der Waals surface area contributed by atoms with Gasteiger partial charge in [0.1, 0.15) is 0 Å². The maximum Gasteiger partial charge on any atom is 0.265 e. The van der Waals surface area contributed by atoms with Gasteiger partial charge in [-0.1, -0.05) is 41.9 Å². The molecule has 2 N–H and O–H groups in total. The number of amides is 1. The van der Waals surface area contributed by atoms with E-state index in [4.69, 9.17) is 11.6 Å². The average molecular weight is 382 g/mol. The monoisotopic (exact) mass is 381 g/mol. The Morgan fingerprint density at radius 3 is 2.52 bits per heavy atom. The van der Waals surface area contributed by atoms with Crippen LogP contribution in [0.4, 0.5) is 0 Å². The number of pyridine rings is 1. The number of fused-ring (bicyclic) bond motifs is 1. The number of benzene rings is 2. The van der Waals surface area contributed by atoms with Crippen molar-refractivity contribution < 1.29 is 9.90 Å². The fourth-order valence-corrected chi connectivity index (χ4v) is 3.16. The van der Waals surface area contributed by atoms with Gasteiger partial charge in [0.15, 0.2) is 0 Å². The number of rotatable bonds is 4. The first-order valence-corrected chi connectivity index (χ1v) is 8.90. The van der Waals surface area contributed by atoms with E-state index in [1.807, 2.05) is 0 Å². The lowest BCUT2D eigenvalue weighted by Gasteiger charge is -2.14. The zero-order chi connectivity index (χ0) is 19.0. The van der Waals surface area contributed by atoms with Crippen LogP contribution in [0.3, 0.4) is 0 Å². The summed E-state index contributed by atoms with van der Waals surface area (Å²) in [5.74, 6) is -0.421. The third-order valence-electron chi connectivity index (χ3n) is 4.51. The number of hydrogen-bond acceptors (Lipinski definition) is 4. The molecule has 1 fully saturated rings. The summed E-state index contributed by atoms with van der Waals surface area (Å²) in [5, 5.41) is 16.1. The number of hydrazone groups is 1. The highest BCUT2D eigenvalue weighted by Gasteiger charge is 2.29. The van der Waals surface area contributed by atoms with E-state index in [-0.39, 0.29) is 17.7 Å². The Labute approximate surface area is 159 Å². The molecule has 0 spiro atoms. The minimum Gasteiger partial charge on any atom is -0.494 e. The number of nitrogens with zero attached hydrogens (tertiary/aromatic N) is 2. The molecule has 136 valence electrons. The van der Waals surface area contributed by atoms with E-state index in [0.29, 0.717) is 27.0 Å². The highest BCUT2D eigenvalue weighted by Crippen LogP contribution is 2.30. The molecule has 0 radical (unpaired) electrons. The molecule has 1 aromatic heterocycles. The Balaban J connectivity index is 1.89. The zero-order valence-corrected chi connectivity index (χ0v) is 15.0. The van der Waals surface area contributed by atoms with Crippen LogP contribution in [0.25, 0.3) is 16.5 Å². The van der Waals surface area contributed by atoms with E-state index in [1.54, 1.807) is 48.5 Å². The van der Waals surface area contributed by atoms with Gasteiger partial charge >= 0.3 is 0 Å². The van der Waals surface area contributed by atoms with Gasteiger partial charge in [-0.05, 0) is 31.0 Å². The predicted octanol–water partition coefficient (Wildman–Crippen LogP) is 3.21. The molecule has 1 heterocycles. The van der Waals surface area contributed by atoms with Gasteiger partial charge in [-0.2, -0.15) is 5.10 Å². The molecular weight excluding hydrogens is 366 g/mol. The number of aromatic hydroxyl groups is 1. The third-order valence-corrected chi connectivity index (χ3v) is 4.83. The fourth-order valence-electron chi connectivity index (χ4n) is 2.94. The minimum atomic E-state index is -0.393. The second-order valence-corrected chi connectivity index (χ2v) is 6.79. The summed E-state index contributed by atoms with van der Waals surface area (Å²) in [6.07, 6.45) is 3.09. The van der Waals surface area contributed by atoms with Gasteiger partial charge in [0.05, 0.1) is 22.5 Å². The Hall–Kier alpha value is -3.12. The van der Waals surface area contributed by atoms with Crippen molar-refractivity contribution in [3.05, 3.63) is 69.5 Å². The molecule has 1 aliphatic rings. The second-order valence-electron chi connectivity index (χ2n) is 6.38. The minimum absolute atomic E-state index is 0.0181. The molecule has 0 unspecified atom stereocenters. The molecule has 0 aliphatic heterocycles. The summed E-state index contributed by atoms with van der Waals surface area (Å²) >= 11 is 6.23. The maximum atomic E-state index is 13.0. The van der Waals surface area contributed by atoms with Crippen LogP contribution in [-0.2, 0) is 4.79 Å². The lowest BCUT2D eigenvalue weighted by atomic mass is 10.1. The van der Waals surface area contributed by atoms with Gasteiger partial charge in [0.25, 0.3) is 5.56 Å². The van der Waals surface area contributed by atoms with Crippen molar-refractivity contribution in [1.29, 1.82) is 0 Å². The maximum absolute atomic E-state index is 13.0. The fraction of sp³-hybridized carbons (Fsp3) is 0.150. The molecule has 0 bridgehead atoms. The normalized spacial score (nSPS) is 14.0. The number of carbonyl (C=O) groups excluding carboxylic acids is 1. The van der Waals surface area contributed by atoms with Gasteiger partial charge in [0.2, 0.25) is 11.8 Å². The first-order valence-electron chi connectivity index (χ1n) is 8.52. The molecule has 4 rings (SSSR count). The number of hydrogen-bond donors (Lipinski definition) is 2. The molecule has 1 amide bonds. The van der Waals surface area contributed by atoms with Crippen molar-refractivity contribution in [2.75, 3.05) is 0 Å². The summed E-state index contributed by atoms with van der Waals surface area (Å²) in [4.78, 5) is 24.7. The summed E-state index contributed by atoms with van der Waals surface area (Å²) in [7, 11) is 0. The van der Waals surface area contributed by atoms with Gasteiger partial charge in [0, 0.05) is 16.7 Å². The van der Waals surface area contributed by atoms with Crippen molar-refractivity contribution in [3.63, 3.8) is 0 Å². The summed E-state index contributed by atoms with van der Waals surface area (Å²) in [5.41, 5.74) is 2.77. The van der Waals surface area contributed by atoms with Crippen LogP contribution in [0, 0.1) is 5.92 Å². The smallest absolute Gasteiger partial charge is 0.265 e. The summed E-state index contributed by atoms with van der Waals surface area (Å²) < 4.78 is 1.15. The Morgan fingerprint density at radius 2 is 1.81 bits per heavy atom. The first-order chi connectivity index (χ1) is 13.1. The predicted molar refractivity (Wildman–Crippen MR) is 105 cm³/mol. The number of aromatic nitrogens is 1. The van der Waals surface area contributed by atoms with E-state index in [9.17, 15) is 14.7 Å². The molecule has 7 heteroatoms. The molecule has 2 aromatic carbocycles. The number of nitrogens with one attached hydrogen (secondary N) is 1. The highest BCUT2D eigenvalue weighted by atomic mass is 35.5. The lowest BCUT2D eigenvalue weighted by Crippen LogP contribution is -2.21. The zero-order valence-electron chi connectivity index (χ0n) is 14.2. The molecule has 3 aromatic rings. The number of para-hydroxylation sites is 1. The van der Waals surface area contributed by atoms with Crippen LogP contribution >= 0.6 is 11.6 Å². The van der Waals surface area contributed by atoms with Gasteiger partial charge in [-0.25, -0.2) is 9.99 Å². The van der Waals surface area contributed by atoms with Crippen LogP contribution in [0.1, 0.15) is 18.4 Å². The molecule has 1 aliphatic carbocycles. The van der Waals surface area contributed by atoms with Crippen molar-refractivity contribution in [2.45, 2.75) is 12.8 Å². The van der Waals surface area contributed by atoms with E-state index >= 15 is 0 Å². The van der Waals surface area contributed by atoms with Crippen molar-refractivity contribution >= 4 is 34.5 Å². The van der Waals surface area contributed by atoms with Crippen molar-refractivity contribution in [3.8, 4) is 11.6 Å². The van der Waals surface area contributed by atoms with Gasteiger partial charge in [-0.15, -0.1) is 0 Å². The van der Waals surface area contributed by atoms with Crippen LogP contribution in [-0.4, -0.2) is 21.8 Å². The Bertz CT molecular complexity index is 1130. The quantitative estimate of drug-likeness (QED) is 0.537. The number of carbonyl (C=O) groups is 1. The van der Waals surface area contributed by atoms with E-state index < -0.39 is 5.56 Å². The molecule has 6 nitrogen and oxygen atoms in total. The van der Waals surface area contributed by atoms with Gasteiger partial charge in [-0.3, -0.25) is 9.59 Å². The van der Waals surface area contributed by atoms with Gasteiger partial charge < -0.3 is 5.11 Å². The highest BCUT2D eigenvalue weighted by molar-refractivity contribution is 6.32. The van der Waals surface area contributed by atoms with Crippen molar-refractivity contribution in [1.82, 2.24) is 9.99 Å². The van der Waals surface area contributed by atoms with E-state index in [2.05, 4.69) is 10.5 Å². The lowest BCUT2D eigenvalue weighted by molar-refractivity contribution is -0.122. The third kappa shape index (κ3) is 3.19. The molecule has 1 saturated carbocycles. The second kappa shape index (κ2) is 6.89. The average Bonchev–Trinajstić information content (AvgIpc) is 3.51. The topological polar surface area (TPSA) is 83.7 Å².